The van der Waals surface area contributed by atoms with Gasteiger partial charge < -0.3 is 5.32 Å². The highest BCUT2D eigenvalue weighted by atomic mass is 19.1. The fraction of sp³-hybridized carbons (Fsp3) is 0.588. The van der Waals surface area contributed by atoms with Crippen molar-refractivity contribution in [2.75, 3.05) is 13.1 Å². The molecule has 3 nitrogen and oxygen atoms in total. The lowest BCUT2D eigenvalue weighted by atomic mass is 9.90. The Kier molecular flexibility index (Phi) is 3.74. The van der Waals surface area contributed by atoms with Crippen molar-refractivity contribution in [1.29, 1.82) is 0 Å². The first-order valence-corrected chi connectivity index (χ1v) is 7.81. The monoisotopic (exact) mass is 290 g/mol. The fourth-order valence-corrected chi connectivity index (χ4v) is 3.39. The molecule has 2 heterocycles. The van der Waals surface area contributed by atoms with E-state index in [0.29, 0.717) is 17.7 Å². The minimum absolute atomic E-state index is 0.0732. The van der Waals surface area contributed by atoms with Crippen LogP contribution < -0.4 is 5.32 Å². The molecule has 2 aliphatic heterocycles. The predicted octanol–water partition coefficient (Wildman–Crippen LogP) is 3.12. The first-order valence-electron chi connectivity index (χ1n) is 7.81. The van der Waals surface area contributed by atoms with Crippen LogP contribution in [0.3, 0.4) is 0 Å². The maximum Gasteiger partial charge on any atom is 0.251 e. The molecule has 0 atom stereocenters. The second-order valence-corrected chi connectivity index (χ2v) is 6.66. The number of hydrogen-bond acceptors (Lipinski definition) is 2. The van der Waals surface area contributed by atoms with E-state index in [1.165, 1.54) is 19.3 Å². The maximum atomic E-state index is 14.5. The summed E-state index contributed by atoms with van der Waals surface area (Å²) in [7, 11) is 0. The van der Waals surface area contributed by atoms with Crippen molar-refractivity contribution >= 4 is 5.91 Å². The van der Waals surface area contributed by atoms with Crippen molar-refractivity contribution in [2.45, 2.75) is 51.9 Å². The molecule has 3 rings (SSSR count). The number of nitrogens with one attached hydrogen (secondary N) is 1. The van der Waals surface area contributed by atoms with E-state index in [1.54, 1.807) is 13.8 Å². The van der Waals surface area contributed by atoms with Gasteiger partial charge in [-0.25, -0.2) is 4.39 Å². The number of carbonyl (C=O) groups excluding carboxylic acids is 1. The van der Waals surface area contributed by atoms with Crippen molar-refractivity contribution in [2.24, 2.45) is 0 Å². The number of carbonyl (C=O) groups is 1. The lowest BCUT2D eigenvalue weighted by Gasteiger charge is -2.27. The standard InChI is InChI=1S/C17H23FN2O/c1-17(2,18)15-9-12(11-20-6-4-3-5-7-20)8-13-14(15)10-19-16(13)21/h8-9H,3-7,10-11H2,1-2H3,(H,19,21). The van der Waals surface area contributed by atoms with Crippen molar-refractivity contribution in [3.05, 3.63) is 34.4 Å². The second-order valence-electron chi connectivity index (χ2n) is 6.66. The smallest absolute Gasteiger partial charge is 0.251 e. The zero-order chi connectivity index (χ0) is 15.0. The summed E-state index contributed by atoms with van der Waals surface area (Å²) >= 11 is 0. The van der Waals surface area contributed by atoms with Crippen LogP contribution in [0.4, 0.5) is 4.39 Å². The molecule has 114 valence electrons. The Balaban J connectivity index is 1.94. The van der Waals surface area contributed by atoms with Crippen LogP contribution >= 0.6 is 0 Å². The van der Waals surface area contributed by atoms with Gasteiger partial charge in [0.2, 0.25) is 0 Å². The van der Waals surface area contributed by atoms with E-state index < -0.39 is 5.67 Å². The van der Waals surface area contributed by atoms with Gasteiger partial charge in [-0.05, 0) is 62.5 Å². The topological polar surface area (TPSA) is 32.3 Å². The van der Waals surface area contributed by atoms with Gasteiger partial charge in [-0.2, -0.15) is 0 Å². The third kappa shape index (κ3) is 2.95. The maximum absolute atomic E-state index is 14.5. The Morgan fingerprint density at radius 1 is 1.24 bits per heavy atom. The molecule has 1 aromatic rings. The summed E-state index contributed by atoms with van der Waals surface area (Å²) in [4.78, 5) is 14.3. The van der Waals surface area contributed by atoms with Gasteiger partial charge >= 0.3 is 0 Å². The molecule has 0 radical (unpaired) electrons. The van der Waals surface area contributed by atoms with E-state index in [2.05, 4.69) is 10.2 Å². The average Bonchev–Trinajstić information content (AvgIpc) is 2.80. The second kappa shape index (κ2) is 5.41. The minimum Gasteiger partial charge on any atom is -0.348 e. The van der Waals surface area contributed by atoms with Crippen LogP contribution in [0.2, 0.25) is 0 Å². The van der Waals surface area contributed by atoms with Crippen LogP contribution in [0.5, 0.6) is 0 Å². The fourth-order valence-electron chi connectivity index (χ4n) is 3.39. The molecule has 1 amide bonds. The number of halogens is 1. The van der Waals surface area contributed by atoms with E-state index in [0.717, 1.165) is 30.8 Å². The predicted molar refractivity (Wildman–Crippen MR) is 80.9 cm³/mol. The molecule has 0 aromatic heterocycles. The number of nitrogens with zero attached hydrogens (tertiary/aromatic N) is 1. The number of likely N-dealkylation sites (tertiary alicyclic amines) is 1. The number of alkyl halides is 1. The molecular formula is C17H23FN2O. The van der Waals surface area contributed by atoms with Crippen LogP contribution in [0.1, 0.15) is 60.2 Å². The van der Waals surface area contributed by atoms with E-state index in [4.69, 9.17) is 0 Å². The van der Waals surface area contributed by atoms with Gasteiger partial charge in [-0.15, -0.1) is 0 Å². The number of benzene rings is 1. The number of amides is 1. The van der Waals surface area contributed by atoms with Crippen molar-refractivity contribution in [3.63, 3.8) is 0 Å². The number of hydrogen-bond donors (Lipinski definition) is 1. The Morgan fingerprint density at radius 3 is 2.62 bits per heavy atom. The highest BCUT2D eigenvalue weighted by Gasteiger charge is 2.30. The molecule has 4 heteroatoms. The summed E-state index contributed by atoms with van der Waals surface area (Å²) in [6, 6.07) is 3.90. The first-order chi connectivity index (χ1) is 9.95. The molecular weight excluding hydrogens is 267 g/mol. The quantitative estimate of drug-likeness (QED) is 0.927. The molecule has 2 aliphatic rings. The highest BCUT2D eigenvalue weighted by Crippen LogP contribution is 2.33. The van der Waals surface area contributed by atoms with Gasteiger partial charge in [0.05, 0.1) is 0 Å². The molecule has 0 saturated carbocycles. The summed E-state index contributed by atoms with van der Waals surface area (Å²) in [5.74, 6) is -0.0732. The van der Waals surface area contributed by atoms with Gasteiger partial charge in [0.1, 0.15) is 5.67 Å². The zero-order valence-electron chi connectivity index (χ0n) is 12.8. The van der Waals surface area contributed by atoms with Crippen molar-refractivity contribution < 1.29 is 9.18 Å². The lowest BCUT2D eigenvalue weighted by molar-refractivity contribution is 0.0965. The van der Waals surface area contributed by atoms with E-state index in [1.807, 2.05) is 12.1 Å². The first kappa shape index (κ1) is 14.5. The van der Waals surface area contributed by atoms with E-state index >= 15 is 0 Å². The molecule has 1 fully saturated rings. The molecule has 0 unspecified atom stereocenters. The summed E-state index contributed by atoms with van der Waals surface area (Å²) in [6.07, 6.45) is 3.76. The molecule has 1 N–H and O–H groups in total. The molecule has 21 heavy (non-hydrogen) atoms. The van der Waals surface area contributed by atoms with Gasteiger partial charge in [-0.3, -0.25) is 9.69 Å². The van der Waals surface area contributed by atoms with Gasteiger partial charge in [0.15, 0.2) is 0 Å². The van der Waals surface area contributed by atoms with E-state index in [9.17, 15) is 9.18 Å². The summed E-state index contributed by atoms with van der Waals surface area (Å²) < 4.78 is 14.5. The number of fused-ring (bicyclic) bond motifs is 1. The lowest BCUT2D eigenvalue weighted by Crippen LogP contribution is -2.29. The molecule has 0 aliphatic carbocycles. The Bertz CT molecular complexity index is 557. The SMILES string of the molecule is CC(C)(F)c1cc(CN2CCCCC2)cc2c1CNC2=O. The molecule has 0 bridgehead atoms. The number of rotatable bonds is 3. The van der Waals surface area contributed by atoms with Gasteiger partial charge in [0, 0.05) is 18.7 Å². The largest absolute Gasteiger partial charge is 0.348 e. The summed E-state index contributed by atoms with van der Waals surface area (Å²) in [5.41, 5.74) is 1.77. The van der Waals surface area contributed by atoms with Gasteiger partial charge in [0.25, 0.3) is 5.91 Å². The van der Waals surface area contributed by atoms with Crippen LogP contribution in [0.15, 0.2) is 12.1 Å². The zero-order valence-corrected chi connectivity index (χ0v) is 12.8. The molecule has 0 spiro atoms. The number of piperidine rings is 1. The Hall–Kier alpha value is -1.42. The third-order valence-electron chi connectivity index (χ3n) is 4.48. The normalized spacial score (nSPS) is 19.5. The van der Waals surface area contributed by atoms with Crippen LogP contribution in [0, 0.1) is 0 Å². The van der Waals surface area contributed by atoms with E-state index in [-0.39, 0.29) is 5.91 Å². The molecule has 1 saturated heterocycles. The average molecular weight is 290 g/mol. The Morgan fingerprint density at radius 2 is 1.95 bits per heavy atom. The van der Waals surface area contributed by atoms with Gasteiger partial charge in [-0.1, -0.05) is 12.5 Å². The van der Waals surface area contributed by atoms with Crippen molar-refractivity contribution in [3.8, 4) is 0 Å². The molecule has 1 aromatic carbocycles. The van der Waals surface area contributed by atoms with Crippen LogP contribution in [-0.2, 0) is 18.8 Å². The Labute approximate surface area is 125 Å². The summed E-state index contributed by atoms with van der Waals surface area (Å²) in [5, 5.41) is 2.81. The van der Waals surface area contributed by atoms with Crippen LogP contribution in [0.25, 0.3) is 0 Å². The highest BCUT2D eigenvalue weighted by molar-refractivity contribution is 5.99. The minimum atomic E-state index is -1.42. The van der Waals surface area contributed by atoms with Crippen molar-refractivity contribution in [1.82, 2.24) is 10.2 Å². The van der Waals surface area contributed by atoms with Crippen LogP contribution in [-0.4, -0.2) is 23.9 Å². The third-order valence-corrected chi connectivity index (χ3v) is 4.48. The summed E-state index contributed by atoms with van der Waals surface area (Å²) in [6.45, 7) is 6.58.